The molecule has 0 aliphatic heterocycles. The highest BCUT2D eigenvalue weighted by atomic mass is 79.9. The van der Waals surface area contributed by atoms with Crippen molar-refractivity contribution >= 4 is 33.2 Å². The molecular weight excluding hydrogens is 357 g/mol. The van der Waals surface area contributed by atoms with Crippen molar-refractivity contribution in [2.75, 3.05) is 6.54 Å². The Labute approximate surface area is 134 Å². The first-order valence-electron chi connectivity index (χ1n) is 6.46. The summed E-state index contributed by atoms with van der Waals surface area (Å²) >= 11 is 4.59. The molecule has 0 unspecified atom stereocenters. The normalized spacial score (nSPS) is 10.6. The molecule has 0 atom stereocenters. The number of hydrogen-bond acceptors (Lipinski definition) is 4. The third-order valence-corrected chi connectivity index (χ3v) is 4.25. The average Bonchev–Trinajstić information content (AvgIpc) is 2.94. The summed E-state index contributed by atoms with van der Waals surface area (Å²) in [4.78, 5) is 15.9. The van der Waals surface area contributed by atoms with E-state index in [0.29, 0.717) is 37.2 Å². The van der Waals surface area contributed by atoms with Crippen molar-refractivity contribution in [3.05, 3.63) is 50.1 Å². The topological polar surface area (TPSA) is 68.0 Å². The van der Waals surface area contributed by atoms with Gasteiger partial charge in [-0.15, -0.1) is 11.3 Å². The SMILES string of the molecule is NCc1nc(C(=O)NCCCc2ccc(Br)cc2F)cs1. The van der Waals surface area contributed by atoms with E-state index in [0.717, 1.165) is 9.48 Å². The van der Waals surface area contributed by atoms with Crippen LogP contribution in [0, 0.1) is 5.82 Å². The van der Waals surface area contributed by atoms with E-state index in [2.05, 4.69) is 26.2 Å². The molecule has 0 saturated heterocycles. The van der Waals surface area contributed by atoms with Gasteiger partial charge in [0.05, 0.1) is 0 Å². The van der Waals surface area contributed by atoms with Crippen LogP contribution >= 0.6 is 27.3 Å². The minimum Gasteiger partial charge on any atom is -0.351 e. The van der Waals surface area contributed by atoms with E-state index in [1.54, 1.807) is 17.5 Å². The van der Waals surface area contributed by atoms with E-state index in [9.17, 15) is 9.18 Å². The monoisotopic (exact) mass is 371 g/mol. The summed E-state index contributed by atoms with van der Waals surface area (Å²) in [6.45, 7) is 0.810. The van der Waals surface area contributed by atoms with Gasteiger partial charge >= 0.3 is 0 Å². The van der Waals surface area contributed by atoms with E-state index in [-0.39, 0.29) is 11.7 Å². The van der Waals surface area contributed by atoms with Crippen LogP contribution in [-0.2, 0) is 13.0 Å². The Balaban J connectivity index is 1.77. The molecule has 2 rings (SSSR count). The van der Waals surface area contributed by atoms with Crippen LogP contribution in [0.1, 0.15) is 27.5 Å². The zero-order valence-corrected chi connectivity index (χ0v) is 13.6. The first kappa shape index (κ1) is 16.1. The van der Waals surface area contributed by atoms with Gasteiger partial charge in [-0.3, -0.25) is 4.79 Å². The summed E-state index contributed by atoms with van der Waals surface area (Å²) in [5.74, 6) is -0.454. The molecule has 112 valence electrons. The fraction of sp³-hybridized carbons (Fsp3) is 0.286. The van der Waals surface area contributed by atoms with Crippen molar-refractivity contribution in [1.29, 1.82) is 0 Å². The van der Waals surface area contributed by atoms with E-state index in [1.807, 2.05) is 0 Å². The maximum absolute atomic E-state index is 13.6. The lowest BCUT2D eigenvalue weighted by Gasteiger charge is -2.05. The van der Waals surface area contributed by atoms with Crippen LogP contribution in [0.2, 0.25) is 0 Å². The summed E-state index contributed by atoms with van der Waals surface area (Å²) in [7, 11) is 0. The van der Waals surface area contributed by atoms with Gasteiger partial charge in [0.2, 0.25) is 0 Å². The third kappa shape index (κ3) is 4.59. The summed E-state index contributed by atoms with van der Waals surface area (Å²) in [5.41, 5.74) is 6.48. The first-order valence-corrected chi connectivity index (χ1v) is 8.14. The summed E-state index contributed by atoms with van der Waals surface area (Å²) < 4.78 is 14.3. The van der Waals surface area contributed by atoms with Crippen molar-refractivity contribution in [3.63, 3.8) is 0 Å². The number of nitrogens with one attached hydrogen (secondary N) is 1. The summed E-state index contributed by atoms with van der Waals surface area (Å²) in [5, 5.41) is 5.19. The molecule has 1 amide bonds. The van der Waals surface area contributed by atoms with E-state index < -0.39 is 0 Å². The van der Waals surface area contributed by atoms with Gasteiger partial charge in [-0.25, -0.2) is 9.37 Å². The average molecular weight is 372 g/mol. The van der Waals surface area contributed by atoms with Gasteiger partial charge in [0.1, 0.15) is 16.5 Å². The third-order valence-electron chi connectivity index (χ3n) is 2.88. The van der Waals surface area contributed by atoms with Gasteiger partial charge in [0, 0.05) is 22.9 Å². The minimum absolute atomic E-state index is 0.220. The molecule has 0 aliphatic carbocycles. The fourth-order valence-corrected chi connectivity index (χ4v) is 2.79. The number of thiazole rings is 1. The summed E-state index contributed by atoms with van der Waals surface area (Å²) in [6, 6.07) is 4.99. The predicted octanol–water partition coefficient (Wildman–Crippen LogP) is 2.87. The number of halogens is 2. The van der Waals surface area contributed by atoms with Gasteiger partial charge in [0.15, 0.2) is 0 Å². The second-order valence-corrected chi connectivity index (χ2v) is 6.28. The maximum Gasteiger partial charge on any atom is 0.270 e. The number of hydrogen-bond donors (Lipinski definition) is 2. The molecule has 0 bridgehead atoms. The Kier molecular flexibility index (Phi) is 5.84. The molecular formula is C14H15BrFN3OS. The van der Waals surface area contributed by atoms with Crippen LogP contribution < -0.4 is 11.1 Å². The number of carbonyl (C=O) groups is 1. The van der Waals surface area contributed by atoms with Crippen molar-refractivity contribution in [2.45, 2.75) is 19.4 Å². The van der Waals surface area contributed by atoms with Gasteiger partial charge in [-0.2, -0.15) is 0 Å². The van der Waals surface area contributed by atoms with Gasteiger partial charge in [-0.1, -0.05) is 22.0 Å². The molecule has 1 aromatic carbocycles. The molecule has 2 aromatic rings. The standard InChI is InChI=1S/C14H15BrFN3OS/c15-10-4-3-9(11(16)6-10)2-1-5-18-14(20)12-8-21-13(7-17)19-12/h3-4,6,8H,1-2,5,7,17H2,(H,18,20). The molecule has 0 radical (unpaired) electrons. The Morgan fingerprint density at radius 1 is 1.48 bits per heavy atom. The second kappa shape index (κ2) is 7.63. The van der Waals surface area contributed by atoms with Gasteiger partial charge in [0.25, 0.3) is 5.91 Å². The first-order chi connectivity index (χ1) is 10.1. The number of nitrogens with zero attached hydrogens (tertiary/aromatic N) is 1. The van der Waals surface area contributed by atoms with Crippen LogP contribution in [-0.4, -0.2) is 17.4 Å². The Morgan fingerprint density at radius 2 is 2.29 bits per heavy atom. The van der Waals surface area contributed by atoms with Crippen LogP contribution in [0.4, 0.5) is 4.39 Å². The van der Waals surface area contributed by atoms with Gasteiger partial charge in [-0.05, 0) is 30.5 Å². The Bertz CT molecular complexity index is 632. The minimum atomic E-state index is -0.234. The molecule has 1 heterocycles. The van der Waals surface area contributed by atoms with Crippen LogP contribution in [0.25, 0.3) is 0 Å². The molecule has 3 N–H and O–H groups in total. The number of amides is 1. The zero-order chi connectivity index (χ0) is 15.2. The predicted molar refractivity (Wildman–Crippen MR) is 84.8 cm³/mol. The van der Waals surface area contributed by atoms with E-state index >= 15 is 0 Å². The number of rotatable bonds is 6. The smallest absolute Gasteiger partial charge is 0.270 e. The number of aromatic nitrogens is 1. The van der Waals surface area contributed by atoms with Crippen molar-refractivity contribution in [1.82, 2.24) is 10.3 Å². The molecule has 1 aromatic heterocycles. The second-order valence-electron chi connectivity index (χ2n) is 4.43. The summed E-state index contributed by atoms with van der Waals surface area (Å²) in [6.07, 6.45) is 1.24. The van der Waals surface area contributed by atoms with Crippen LogP contribution in [0.15, 0.2) is 28.1 Å². The quantitative estimate of drug-likeness (QED) is 0.767. The molecule has 0 spiro atoms. The molecule has 7 heteroatoms. The lowest BCUT2D eigenvalue weighted by Crippen LogP contribution is -2.25. The van der Waals surface area contributed by atoms with Crippen LogP contribution in [0.5, 0.6) is 0 Å². The van der Waals surface area contributed by atoms with Crippen LogP contribution in [0.3, 0.4) is 0 Å². The Hall–Kier alpha value is -1.31. The number of aryl methyl sites for hydroxylation is 1. The lowest BCUT2D eigenvalue weighted by atomic mass is 10.1. The van der Waals surface area contributed by atoms with Crippen molar-refractivity contribution in [2.24, 2.45) is 5.73 Å². The van der Waals surface area contributed by atoms with E-state index in [1.165, 1.54) is 17.4 Å². The lowest BCUT2D eigenvalue weighted by molar-refractivity contribution is 0.0949. The number of benzene rings is 1. The number of carbonyl (C=O) groups excluding carboxylic acids is 1. The Morgan fingerprint density at radius 3 is 2.95 bits per heavy atom. The highest BCUT2D eigenvalue weighted by Gasteiger charge is 2.09. The molecule has 0 saturated carbocycles. The highest BCUT2D eigenvalue weighted by molar-refractivity contribution is 9.10. The highest BCUT2D eigenvalue weighted by Crippen LogP contribution is 2.16. The molecule has 0 fully saturated rings. The zero-order valence-electron chi connectivity index (χ0n) is 11.2. The molecule has 0 aliphatic rings. The van der Waals surface area contributed by atoms with Crippen molar-refractivity contribution in [3.8, 4) is 0 Å². The molecule has 21 heavy (non-hydrogen) atoms. The maximum atomic E-state index is 13.6. The molecule has 4 nitrogen and oxygen atoms in total. The fourth-order valence-electron chi connectivity index (χ4n) is 1.80. The van der Waals surface area contributed by atoms with Crippen molar-refractivity contribution < 1.29 is 9.18 Å². The van der Waals surface area contributed by atoms with Gasteiger partial charge < -0.3 is 11.1 Å². The van der Waals surface area contributed by atoms with E-state index in [4.69, 9.17) is 5.73 Å². The largest absolute Gasteiger partial charge is 0.351 e. The number of nitrogens with two attached hydrogens (primary N) is 1.